The Kier molecular flexibility index (Phi) is 22.7. The van der Waals surface area contributed by atoms with Gasteiger partial charge in [-0.1, -0.05) is 181 Å². The molecule has 0 radical (unpaired) electrons. The van der Waals surface area contributed by atoms with Crippen molar-refractivity contribution >= 4 is 65.0 Å². The number of aryl methyl sites for hydroxylation is 1. The molecule has 16 nitrogen and oxygen atoms in total. The third-order valence-corrected chi connectivity index (χ3v) is 15.1. The van der Waals surface area contributed by atoms with E-state index in [1.165, 1.54) is 18.8 Å². The lowest BCUT2D eigenvalue weighted by atomic mass is 9.79. The largest absolute Gasteiger partial charge is 0.460 e. The fourth-order valence-corrected chi connectivity index (χ4v) is 11.1. The molecule has 3 amide bonds. The number of ether oxygens (including phenoxy) is 3. The highest BCUT2D eigenvalue weighted by Crippen LogP contribution is 2.49. The van der Waals surface area contributed by atoms with Gasteiger partial charge in [0.05, 0.1) is 23.6 Å². The second-order valence-corrected chi connectivity index (χ2v) is 23.6. The Hall–Kier alpha value is -7.99. The molecule has 0 spiro atoms. The van der Waals surface area contributed by atoms with E-state index in [0.29, 0.717) is 29.7 Å². The topological polar surface area (TPSA) is 243 Å². The van der Waals surface area contributed by atoms with E-state index in [2.05, 4.69) is 26.3 Å². The Bertz CT molecular complexity index is 3060. The van der Waals surface area contributed by atoms with E-state index < -0.39 is 94.2 Å². The van der Waals surface area contributed by atoms with Crippen LogP contribution in [-0.4, -0.2) is 96.3 Å². The fraction of sp³-hybridized carbons (Fsp3) is 0.338. The van der Waals surface area contributed by atoms with Crippen molar-refractivity contribution in [3.05, 3.63) is 214 Å². The average molecular weight is 1170 g/mol. The highest BCUT2D eigenvalue weighted by Gasteiger charge is 2.46. The summed E-state index contributed by atoms with van der Waals surface area (Å²) in [5.74, 6) is -5.47. The van der Waals surface area contributed by atoms with Crippen molar-refractivity contribution in [2.24, 2.45) is 16.5 Å². The SMILES string of the molecule is CN=C(N)NCCC[C@H](N)C(=O)N[C@@H](CC(=O)OC(C)(C)C)C(=O)N[C@@H](CC(=O)OC(C)(C)C)C(=O)N[C@@H](CSC(c1ccccc1)(c1ccccc1)c1ccccc1)C(=O)OC(c1ccccc1)(c1ccc(C)cc1)c1ccccc1Cl. The van der Waals surface area contributed by atoms with Crippen molar-refractivity contribution in [2.45, 2.75) is 120 Å². The molecule has 0 aliphatic heterocycles. The predicted molar refractivity (Wildman–Crippen MR) is 326 cm³/mol. The average Bonchev–Trinajstić information content (AvgIpc) is 1.67. The lowest BCUT2D eigenvalue weighted by molar-refractivity contribution is -0.159. The summed E-state index contributed by atoms with van der Waals surface area (Å²) >= 11 is 8.51. The molecule has 6 aromatic carbocycles. The summed E-state index contributed by atoms with van der Waals surface area (Å²) in [5.41, 5.74) is 13.3. The maximum absolute atomic E-state index is 16.0. The van der Waals surface area contributed by atoms with Gasteiger partial charge in [0.1, 0.15) is 29.3 Å². The Balaban J connectivity index is 1.49. The lowest BCUT2D eigenvalue weighted by Crippen LogP contribution is -2.58. The minimum Gasteiger partial charge on any atom is -0.460 e. The second kappa shape index (κ2) is 29.3. The van der Waals surface area contributed by atoms with Crippen LogP contribution in [0.25, 0.3) is 0 Å². The van der Waals surface area contributed by atoms with Crippen molar-refractivity contribution < 1.29 is 43.0 Å². The standard InChI is InChI=1S/C65H76ClN7O9S/c1-43-35-37-45(38-36-43)64(44-24-13-9-14-25-44,49-32-21-22-33-50(49)66)82-60(79)54(42-83-65(46-26-15-10-16-27-46,47-28-17-11-18-29-47)48-30-19-12-20-31-48)73-59(78)53(41-56(75)81-63(5,6)7)72-58(77)52(40-55(74)80-62(2,3)4)71-57(76)51(67)34-23-39-70-61(68)69-8/h9-22,24-33,35-38,51-54H,23,34,39-42,67H2,1-8H3,(H,71,76)(H,72,77)(H,73,78)(H3,68,69,70)/t51-,52-,53-,54-,64?/m0/s1. The molecule has 83 heavy (non-hydrogen) atoms. The number of amides is 3. The molecule has 0 fully saturated rings. The van der Waals surface area contributed by atoms with Crippen LogP contribution in [0.1, 0.15) is 106 Å². The second-order valence-electron chi connectivity index (χ2n) is 22.0. The van der Waals surface area contributed by atoms with Gasteiger partial charge >= 0.3 is 17.9 Å². The molecule has 0 saturated carbocycles. The number of thioether (sulfide) groups is 1. The van der Waals surface area contributed by atoms with Gasteiger partial charge in [0, 0.05) is 41.1 Å². The zero-order valence-corrected chi connectivity index (χ0v) is 49.9. The monoisotopic (exact) mass is 1170 g/mol. The molecule has 0 bridgehead atoms. The minimum atomic E-state index is -1.79. The van der Waals surface area contributed by atoms with Crippen LogP contribution in [0.5, 0.6) is 0 Å². The van der Waals surface area contributed by atoms with Gasteiger partial charge in [-0.3, -0.25) is 29.0 Å². The number of aliphatic imine (C=N–C) groups is 1. The third-order valence-electron chi connectivity index (χ3n) is 13.2. The maximum Gasteiger partial charge on any atom is 0.331 e. The van der Waals surface area contributed by atoms with E-state index >= 15 is 9.59 Å². The number of nitrogens with one attached hydrogen (secondary N) is 4. The van der Waals surface area contributed by atoms with Gasteiger partial charge in [-0.05, 0) is 84.1 Å². The fourth-order valence-electron chi connectivity index (χ4n) is 9.32. The zero-order valence-electron chi connectivity index (χ0n) is 48.3. The zero-order chi connectivity index (χ0) is 60.4. The van der Waals surface area contributed by atoms with Crippen LogP contribution in [0.2, 0.25) is 5.02 Å². The Morgan fingerprint density at radius 2 is 0.964 bits per heavy atom. The Morgan fingerprint density at radius 1 is 0.554 bits per heavy atom. The van der Waals surface area contributed by atoms with Crippen LogP contribution >= 0.6 is 23.4 Å². The Labute approximate surface area is 496 Å². The molecule has 18 heteroatoms. The number of halogens is 1. The quantitative estimate of drug-likeness (QED) is 0.00785. The first-order valence-electron chi connectivity index (χ1n) is 27.4. The van der Waals surface area contributed by atoms with Crippen molar-refractivity contribution in [2.75, 3.05) is 19.3 Å². The molecule has 0 saturated heterocycles. The molecule has 438 valence electrons. The van der Waals surface area contributed by atoms with Crippen LogP contribution in [0.15, 0.2) is 175 Å². The van der Waals surface area contributed by atoms with Crippen LogP contribution in [0, 0.1) is 6.92 Å². The number of guanidine groups is 1. The predicted octanol–water partition coefficient (Wildman–Crippen LogP) is 8.77. The molecule has 5 atom stereocenters. The molecule has 0 aliphatic rings. The number of nitrogens with two attached hydrogens (primary N) is 2. The first kappa shape index (κ1) is 64.2. The first-order chi connectivity index (χ1) is 39.4. The maximum atomic E-state index is 16.0. The summed E-state index contributed by atoms with van der Waals surface area (Å²) in [4.78, 5) is 91.3. The molecule has 6 rings (SSSR count). The van der Waals surface area contributed by atoms with Gasteiger partial charge in [0.2, 0.25) is 17.7 Å². The third kappa shape index (κ3) is 17.8. The number of hydrogen-bond donors (Lipinski definition) is 6. The van der Waals surface area contributed by atoms with Gasteiger partial charge in [-0.25, -0.2) is 4.79 Å². The summed E-state index contributed by atoms with van der Waals surface area (Å²) in [7, 11) is 1.52. The van der Waals surface area contributed by atoms with Gasteiger partial charge < -0.3 is 46.9 Å². The lowest BCUT2D eigenvalue weighted by Gasteiger charge is -2.39. The Morgan fingerprint density at radius 3 is 1.41 bits per heavy atom. The molecule has 0 aromatic heterocycles. The summed E-state index contributed by atoms with van der Waals surface area (Å²) in [6.45, 7) is 12.1. The summed E-state index contributed by atoms with van der Waals surface area (Å²) in [6.07, 6.45) is -0.927. The van der Waals surface area contributed by atoms with Crippen LogP contribution in [0.3, 0.4) is 0 Å². The number of carbonyl (C=O) groups excluding carboxylic acids is 6. The van der Waals surface area contributed by atoms with Crippen LogP contribution < -0.4 is 32.7 Å². The first-order valence-corrected chi connectivity index (χ1v) is 28.8. The van der Waals surface area contributed by atoms with Crippen LogP contribution in [0.4, 0.5) is 0 Å². The molecular formula is C65H76ClN7O9S. The number of hydrogen-bond acceptors (Lipinski definition) is 12. The smallest absolute Gasteiger partial charge is 0.331 e. The number of esters is 3. The molecule has 0 heterocycles. The van der Waals surface area contributed by atoms with E-state index in [0.717, 1.165) is 22.3 Å². The van der Waals surface area contributed by atoms with E-state index in [-0.39, 0.29) is 23.2 Å². The highest BCUT2D eigenvalue weighted by atomic mass is 35.5. The van der Waals surface area contributed by atoms with Gasteiger partial charge in [-0.15, -0.1) is 11.8 Å². The summed E-state index contributed by atoms with van der Waals surface area (Å²) in [6, 6.07) is 46.8. The number of rotatable bonds is 25. The van der Waals surface area contributed by atoms with Crippen molar-refractivity contribution in [3.63, 3.8) is 0 Å². The van der Waals surface area contributed by atoms with E-state index in [1.54, 1.807) is 65.8 Å². The minimum absolute atomic E-state index is 0.141. The molecule has 6 aromatic rings. The van der Waals surface area contributed by atoms with Crippen molar-refractivity contribution in [1.82, 2.24) is 21.3 Å². The number of carbonyl (C=O) groups is 6. The number of benzene rings is 6. The van der Waals surface area contributed by atoms with Crippen LogP contribution in [-0.2, 0) is 53.3 Å². The van der Waals surface area contributed by atoms with Gasteiger partial charge in [0.15, 0.2) is 11.6 Å². The molecular weight excluding hydrogens is 1090 g/mol. The highest BCUT2D eigenvalue weighted by molar-refractivity contribution is 8.00. The van der Waals surface area contributed by atoms with E-state index in [4.69, 9.17) is 37.3 Å². The van der Waals surface area contributed by atoms with Gasteiger partial charge in [-0.2, -0.15) is 0 Å². The molecule has 0 aliphatic carbocycles. The van der Waals surface area contributed by atoms with Gasteiger partial charge in [0.25, 0.3) is 0 Å². The summed E-state index contributed by atoms with van der Waals surface area (Å²) < 4.78 is 17.3. The van der Waals surface area contributed by atoms with E-state index in [1.807, 2.05) is 153 Å². The van der Waals surface area contributed by atoms with Crippen molar-refractivity contribution in [1.29, 1.82) is 0 Å². The number of nitrogens with zero attached hydrogens (tertiary/aromatic N) is 1. The normalized spacial score (nSPS) is 14.1. The molecule has 8 N–H and O–H groups in total. The van der Waals surface area contributed by atoms with Crippen molar-refractivity contribution in [3.8, 4) is 0 Å². The molecule has 1 unspecified atom stereocenters. The van der Waals surface area contributed by atoms with E-state index in [9.17, 15) is 19.2 Å². The summed E-state index contributed by atoms with van der Waals surface area (Å²) in [5, 5.41) is 11.3.